The van der Waals surface area contributed by atoms with Crippen molar-refractivity contribution >= 4 is 11.8 Å². The highest BCUT2D eigenvalue weighted by Gasteiger charge is 2.30. The van der Waals surface area contributed by atoms with Crippen molar-refractivity contribution < 1.29 is 9.59 Å². The van der Waals surface area contributed by atoms with E-state index in [1.807, 2.05) is 0 Å². The zero-order valence-corrected chi connectivity index (χ0v) is 12.3. The Hall–Kier alpha value is -1.12. The van der Waals surface area contributed by atoms with Crippen LogP contribution < -0.4 is 5.32 Å². The molecule has 0 aliphatic carbocycles. The minimum atomic E-state index is -0.110. The van der Waals surface area contributed by atoms with Crippen molar-refractivity contribution in [2.75, 3.05) is 0 Å². The summed E-state index contributed by atoms with van der Waals surface area (Å²) in [5.74, 6) is 0.368. The average molecular weight is 265 g/mol. The van der Waals surface area contributed by atoms with E-state index >= 15 is 0 Å². The van der Waals surface area contributed by atoms with Crippen LogP contribution in [0.25, 0.3) is 0 Å². The van der Waals surface area contributed by atoms with Gasteiger partial charge >= 0.3 is 0 Å². The Morgan fingerprint density at radius 1 is 1.26 bits per heavy atom. The Morgan fingerprint density at radius 2 is 2.00 bits per heavy atom. The second-order valence-electron chi connectivity index (χ2n) is 5.69. The lowest BCUT2D eigenvalue weighted by Gasteiger charge is -2.11. The molecule has 19 heavy (non-hydrogen) atoms. The third-order valence-corrected chi connectivity index (χ3v) is 3.79. The van der Waals surface area contributed by atoms with Gasteiger partial charge in [-0.05, 0) is 38.0 Å². The maximum Gasteiger partial charge on any atom is 0.230 e. The van der Waals surface area contributed by atoms with E-state index in [1.54, 1.807) is 0 Å². The molecule has 3 nitrogen and oxygen atoms in total. The second kappa shape index (κ2) is 8.89. The number of amides is 2. The largest absolute Gasteiger partial charge is 0.296 e. The Labute approximate surface area is 116 Å². The van der Waals surface area contributed by atoms with E-state index in [-0.39, 0.29) is 17.7 Å². The average Bonchev–Trinajstić information content (AvgIpc) is 2.69. The maximum absolute atomic E-state index is 11.4. The fourth-order valence-corrected chi connectivity index (χ4v) is 2.41. The molecular formula is C16H27NO2. The molecule has 0 aromatic heterocycles. The van der Waals surface area contributed by atoms with Crippen LogP contribution in [-0.2, 0) is 9.59 Å². The number of carbonyl (C=O) groups is 2. The Balaban J connectivity index is 2.08. The monoisotopic (exact) mass is 265 g/mol. The van der Waals surface area contributed by atoms with Crippen LogP contribution in [0.1, 0.15) is 65.2 Å². The van der Waals surface area contributed by atoms with Gasteiger partial charge in [0.05, 0.1) is 0 Å². The Morgan fingerprint density at radius 3 is 2.63 bits per heavy atom. The summed E-state index contributed by atoms with van der Waals surface area (Å²) in [6.45, 7) is 4.44. The molecule has 2 unspecified atom stereocenters. The zero-order chi connectivity index (χ0) is 14.1. The molecule has 1 aliphatic heterocycles. The summed E-state index contributed by atoms with van der Waals surface area (Å²) in [6, 6.07) is 0. The van der Waals surface area contributed by atoms with Gasteiger partial charge in [-0.15, -0.1) is 0 Å². The standard InChI is InChI=1S/C16H27NO2/c1-3-4-5-6-7-8-9-13(2)10-11-14-12-15(18)17-16(14)19/h6-7,13-14H,3-5,8-12H2,1-2H3,(H,17,18,19). The van der Waals surface area contributed by atoms with Crippen LogP contribution in [0.4, 0.5) is 0 Å². The molecule has 0 spiro atoms. The van der Waals surface area contributed by atoms with Gasteiger partial charge in [-0.3, -0.25) is 14.9 Å². The Bertz CT molecular complexity index is 323. The van der Waals surface area contributed by atoms with Crippen molar-refractivity contribution in [1.82, 2.24) is 5.32 Å². The number of unbranched alkanes of at least 4 members (excludes halogenated alkanes) is 2. The molecule has 1 heterocycles. The highest BCUT2D eigenvalue weighted by molar-refractivity contribution is 6.03. The van der Waals surface area contributed by atoms with E-state index in [4.69, 9.17) is 0 Å². The van der Waals surface area contributed by atoms with E-state index in [9.17, 15) is 9.59 Å². The molecule has 0 aromatic carbocycles. The van der Waals surface area contributed by atoms with Gasteiger partial charge in [0, 0.05) is 12.3 Å². The summed E-state index contributed by atoms with van der Waals surface area (Å²) < 4.78 is 0. The van der Waals surface area contributed by atoms with Crippen LogP contribution in [0, 0.1) is 11.8 Å². The number of hydrogen-bond acceptors (Lipinski definition) is 2. The van der Waals surface area contributed by atoms with E-state index in [1.165, 1.54) is 25.7 Å². The van der Waals surface area contributed by atoms with Crippen LogP contribution >= 0.6 is 0 Å². The molecule has 2 atom stereocenters. The second-order valence-corrected chi connectivity index (χ2v) is 5.69. The van der Waals surface area contributed by atoms with E-state index < -0.39 is 0 Å². The molecule has 0 aromatic rings. The summed E-state index contributed by atoms with van der Waals surface area (Å²) in [5.41, 5.74) is 0. The van der Waals surface area contributed by atoms with Crippen molar-refractivity contribution in [3.05, 3.63) is 12.2 Å². The molecule has 0 bridgehead atoms. The first-order valence-electron chi connectivity index (χ1n) is 7.62. The molecule has 1 rings (SSSR count). The van der Waals surface area contributed by atoms with Gasteiger partial charge in [0.1, 0.15) is 0 Å². The molecule has 1 N–H and O–H groups in total. The molecule has 1 aliphatic rings. The molecule has 1 fully saturated rings. The summed E-state index contributed by atoms with van der Waals surface area (Å²) in [4.78, 5) is 22.5. The minimum absolute atomic E-state index is 0.0725. The maximum atomic E-state index is 11.4. The van der Waals surface area contributed by atoms with E-state index in [2.05, 4.69) is 31.3 Å². The number of imide groups is 1. The van der Waals surface area contributed by atoms with Crippen molar-refractivity contribution in [2.45, 2.75) is 65.2 Å². The SMILES string of the molecule is CCCCC=CCCC(C)CCC1CC(=O)NC1=O. The highest BCUT2D eigenvalue weighted by atomic mass is 16.2. The summed E-state index contributed by atoms with van der Waals surface area (Å²) in [7, 11) is 0. The summed E-state index contributed by atoms with van der Waals surface area (Å²) >= 11 is 0. The third-order valence-electron chi connectivity index (χ3n) is 3.79. The van der Waals surface area contributed by atoms with Gasteiger partial charge in [0.15, 0.2) is 0 Å². The number of nitrogens with one attached hydrogen (secondary N) is 1. The fourth-order valence-electron chi connectivity index (χ4n) is 2.41. The topological polar surface area (TPSA) is 46.2 Å². The lowest BCUT2D eigenvalue weighted by Crippen LogP contribution is -2.22. The van der Waals surface area contributed by atoms with E-state index in [0.717, 1.165) is 19.3 Å². The van der Waals surface area contributed by atoms with Crippen molar-refractivity contribution in [3.8, 4) is 0 Å². The molecule has 2 amide bonds. The minimum Gasteiger partial charge on any atom is -0.296 e. The first-order valence-corrected chi connectivity index (χ1v) is 7.62. The van der Waals surface area contributed by atoms with Gasteiger partial charge in [0.2, 0.25) is 11.8 Å². The van der Waals surface area contributed by atoms with Gasteiger partial charge < -0.3 is 0 Å². The van der Waals surface area contributed by atoms with Crippen LogP contribution in [0.2, 0.25) is 0 Å². The van der Waals surface area contributed by atoms with Gasteiger partial charge in [-0.1, -0.05) is 38.8 Å². The molecular weight excluding hydrogens is 238 g/mol. The van der Waals surface area contributed by atoms with Crippen molar-refractivity contribution in [3.63, 3.8) is 0 Å². The fraction of sp³-hybridized carbons (Fsp3) is 0.750. The number of hydrogen-bond donors (Lipinski definition) is 1. The number of carbonyl (C=O) groups excluding carboxylic acids is 2. The third kappa shape index (κ3) is 6.55. The van der Waals surface area contributed by atoms with Crippen LogP contribution in [0.15, 0.2) is 12.2 Å². The first kappa shape index (κ1) is 15.9. The molecule has 108 valence electrons. The van der Waals surface area contributed by atoms with E-state index in [0.29, 0.717) is 12.3 Å². The van der Waals surface area contributed by atoms with Crippen LogP contribution in [-0.4, -0.2) is 11.8 Å². The van der Waals surface area contributed by atoms with Crippen LogP contribution in [0.3, 0.4) is 0 Å². The smallest absolute Gasteiger partial charge is 0.230 e. The Kier molecular flexibility index (Phi) is 7.46. The summed E-state index contributed by atoms with van der Waals surface area (Å²) in [6.07, 6.45) is 12.8. The van der Waals surface area contributed by atoms with Crippen LogP contribution in [0.5, 0.6) is 0 Å². The lowest BCUT2D eigenvalue weighted by atomic mass is 9.93. The zero-order valence-electron chi connectivity index (χ0n) is 12.3. The lowest BCUT2D eigenvalue weighted by molar-refractivity contribution is -0.125. The van der Waals surface area contributed by atoms with Gasteiger partial charge in [-0.25, -0.2) is 0 Å². The molecule has 0 radical (unpaired) electrons. The normalized spacial score (nSPS) is 21.1. The van der Waals surface area contributed by atoms with Gasteiger partial charge in [-0.2, -0.15) is 0 Å². The van der Waals surface area contributed by atoms with Gasteiger partial charge in [0.25, 0.3) is 0 Å². The highest BCUT2D eigenvalue weighted by Crippen LogP contribution is 2.22. The molecule has 3 heteroatoms. The quantitative estimate of drug-likeness (QED) is 0.393. The number of allylic oxidation sites excluding steroid dienone is 2. The van der Waals surface area contributed by atoms with Crippen molar-refractivity contribution in [1.29, 1.82) is 0 Å². The summed E-state index contributed by atoms with van der Waals surface area (Å²) in [5, 5.41) is 2.37. The molecule has 1 saturated heterocycles. The first-order chi connectivity index (χ1) is 9.13. The number of rotatable bonds is 9. The predicted octanol–water partition coefficient (Wildman–Crippen LogP) is 3.59. The predicted molar refractivity (Wildman–Crippen MR) is 77.6 cm³/mol. The van der Waals surface area contributed by atoms with Crippen molar-refractivity contribution in [2.24, 2.45) is 11.8 Å². The molecule has 0 saturated carbocycles.